The molecule has 1 fully saturated rings. The molecule has 2 rings (SSSR count). The van der Waals surface area contributed by atoms with Gasteiger partial charge in [0.05, 0.1) is 6.20 Å². The number of nitrogens with zero attached hydrogens (tertiary/aromatic N) is 1. The second-order valence-corrected chi connectivity index (χ2v) is 3.52. The van der Waals surface area contributed by atoms with Crippen LogP contribution in [0.3, 0.4) is 0 Å². The number of hydrogen-bond acceptors (Lipinski definition) is 4. The molecule has 14 heavy (non-hydrogen) atoms. The molecular formula is C9H13N3O2. The van der Waals surface area contributed by atoms with Gasteiger partial charge in [0.15, 0.2) is 0 Å². The van der Waals surface area contributed by atoms with Crippen LogP contribution in [0.25, 0.3) is 0 Å². The molecule has 1 aliphatic rings. The Morgan fingerprint density at radius 1 is 1.79 bits per heavy atom. The zero-order chi connectivity index (χ0) is 9.80. The van der Waals surface area contributed by atoms with Crippen LogP contribution < -0.4 is 10.6 Å². The van der Waals surface area contributed by atoms with Crippen LogP contribution in [0.15, 0.2) is 17.0 Å². The van der Waals surface area contributed by atoms with E-state index in [-0.39, 0.29) is 5.91 Å². The van der Waals surface area contributed by atoms with Crippen molar-refractivity contribution < 1.29 is 9.32 Å². The molecule has 1 saturated heterocycles. The van der Waals surface area contributed by atoms with Gasteiger partial charge in [-0.25, -0.2) is 0 Å². The molecule has 2 heterocycles. The number of hydrogen-bond donors (Lipinski definition) is 2. The van der Waals surface area contributed by atoms with Gasteiger partial charge in [-0.05, 0) is 25.4 Å². The maximum Gasteiger partial charge on any atom is 0.224 e. The second-order valence-electron chi connectivity index (χ2n) is 3.52. The van der Waals surface area contributed by atoms with Crippen molar-refractivity contribution in [2.24, 2.45) is 5.92 Å². The fraction of sp³-hybridized carbons (Fsp3) is 0.556. The molecule has 5 nitrogen and oxygen atoms in total. The Morgan fingerprint density at radius 3 is 3.36 bits per heavy atom. The third-order valence-electron chi connectivity index (χ3n) is 2.35. The quantitative estimate of drug-likeness (QED) is 0.741. The Hall–Kier alpha value is -1.36. The molecular weight excluding hydrogens is 182 g/mol. The summed E-state index contributed by atoms with van der Waals surface area (Å²) in [6.45, 7) is 1.96. The zero-order valence-electron chi connectivity index (χ0n) is 7.82. The highest BCUT2D eigenvalue weighted by atomic mass is 16.5. The number of rotatable bonds is 3. The van der Waals surface area contributed by atoms with Crippen LogP contribution in [-0.4, -0.2) is 24.2 Å². The van der Waals surface area contributed by atoms with Gasteiger partial charge in [0, 0.05) is 6.42 Å². The first-order valence-corrected chi connectivity index (χ1v) is 4.74. The standard InChI is InChI=1S/C9H13N3O2/c13-9(3-7-1-2-10-4-7)12-8-5-11-14-6-8/h5-7,10H,1-4H2,(H,12,13). The molecule has 0 bridgehead atoms. The minimum atomic E-state index is 0.0295. The summed E-state index contributed by atoms with van der Waals surface area (Å²) in [5, 5.41) is 9.46. The van der Waals surface area contributed by atoms with E-state index < -0.39 is 0 Å². The Kier molecular flexibility index (Phi) is 2.78. The van der Waals surface area contributed by atoms with Crippen molar-refractivity contribution in [2.45, 2.75) is 12.8 Å². The highest BCUT2D eigenvalue weighted by Crippen LogP contribution is 2.13. The smallest absolute Gasteiger partial charge is 0.224 e. The van der Waals surface area contributed by atoms with E-state index in [4.69, 9.17) is 0 Å². The monoisotopic (exact) mass is 195 g/mol. The SMILES string of the molecule is O=C(CC1CCNC1)Nc1cnoc1. The van der Waals surface area contributed by atoms with Crippen molar-refractivity contribution in [2.75, 3.05) is 18.4 Å². The molecule has 2 N–H and O–H groups in total. The first kappa shape index (κ1) is 9.21. The Bertz CT molecular complexity index is 291. The minimum absolute atomic E-state index is 0.0295. The molecule has 1 aromatic rings. The summed E-state index contributed by atoms with van der Waals surface area (Å²) in [6.07, 6.45) is 4.56. The van der Waals surface area contributed by atoms with Gasteiger partial charge >= 0.3 is 0 Å². The lowest BCUT2D eigenvalue weighted by Gasteiger charge is -2.06. The van der Waals surface area contributed by atoms with E-state index in [9.17, 15) is 4.79 Å². The number of carbonyl (C=O) groups is 1. The van der Waals surface area contributed by atoms with E-state index in [1.165, 1.54) is 12.5 Å². The normalized spacial score (nSPS) is 21.0. The lowest BCUT2D eigenvalue weighted by molar-refractivity contribution is -0.116. The number of aromatic nitrogens is 1. The fourth-order valence-electron chi connectivity index (χ4n) is 1.63. The molecule has 1 amide bonds. The third-order valence-corrected chi connectivity index (χ3v) is 2.35. The lowest BCUT2D eigenvalue weighted by Crippen LogP contribution is -2.18. The topological polar surface area (TPSA) is 67.2 Å². The predicted molar refractivity (Wildman–Crippen MR) is 50.7 cm³/mol. The number of nitrogens with one attached hydrogen (secondary N) is 2. The maximum absolute atomic E-state index is 11.5. The summed E-state index contributed by atoms with van der Waals surface area (Å²) in [5.41, 5.74) is 0.626. The van der Waals surface area contributed by atoms with E-state index >= 15 is 0 Å². The van der Waals surface area contributed by atoms with E-state index in [0.717, 1.165) is 19.5 Å². The van der Waals surface area contributed by atoms with Crippen LogP contribution in [0.2, 0.25) is 0 Å². The van der Waals surface area contributed by atoms with Crippen molar-refractivity contribution in [3.63, 3.8) is 0 Å². The molecule has 76 valence electrons. The van der Waals surface area contributed by atoms with Crippen molar-refractivity contribution in [3.05, 3.63) is 12.5 Å². The van der Waals surface area contributed by atoms with Crippen LogP contribution in [0.5, 0.6) is 0 Å². The summed E-state index contributed by atoms with van der Waals surface area (Å²) < 4.78 is 4.61. The number of amides is 1. The molecule has 0 aromatic carbocycles. The van der Waals surface area contributed by atoms with Gasteiger partial charge in [0.2, 0.25) is 5.91 Å². The van der Waals surface area contributed by atoms with E-state index in [1.54, 1.807) is 0 Å². The van der Waals surface area contributed by atoms with E-state index in [1.807, 2.05) is 0 Å². The first-order valence-electron chi connectivity index (χ1n) is 4.74. The van der Waals surface area contributed by atoms with Crippen LogP contribution in [-0.2, 0) is 4.79 Å². The molecule has 1 aromatic heterocycles. The molecule has 0 aliphatic carbocycles. The van der Waals surface area contributed by atoms with E-state index in [2.05, 4.69) is 20.3 Å². The highest BCUT2D eigenvalue weighted by Gasteiger charge is 2.18. The van der Waals surface area contributed by atoms with Crippen LogP contribution >= 0.6 is 0 Å². The minimum Gasteiger partial charge on any atom is -0.363 e. The molecule has 0 saturated carbocycles. The van der Waals surface area contributed by atoms with Crippen LogP contribution in [0, 0.1) is 5.92 Å². The van der Waals surface area contributed by atoms with Crippen LogP contribution in [0.4, 0.5) is 5.69 Å². The summed E-state index contributed by atoms with van der Waals surface area (Å²) in [7, 11) is 0. The third kappa shape index (κ3) is 2.32. The molecule has 0 radical (unpaired) electrons. The Labute approximate surface area is 81.8 Å². The Balaban J connectivity index is 1.78. The molecule has 1 atom stereocenters. The van der Waals surface area contributed by atoms with Gasteiger partial charge in [-0.2, -0.15) is 0 Å². The fourth-order valence-corrected chi connectivity index (χ4v) is 1.63. The van der Waals surface area contributed by atoms with Gasteiger partial charge in [0.25, 0.3) is 0 Å². The summed E-state index contributed by atoms with van der Waals surface area (Å²) in [4.78, 5) is 11.5. The number of carbonyl (C=O) groups excluding carboxylic acids is 1. The summed E-state index contributed by atoms with van der Waals surface area (Å²) in [5.74, 6) is 0.497. The molecule has 1 unspecified atom stereocenters. The van der Waals surface area contributed by atoms with Crippen molar-refractivity contribution in [3.8, 4) is 0 Å². The van der Waals surface area contributed by atoms with Crippen molar-refractivity contribution in [1.29, 1.82) is 0 Å². The van der Waals surface area contributed by atoms with Gasteiger partial charge in [-0.15, -0.1) is 0 Å². The predicted octanol–water partition coefficient (Wildman–Crippen LogP) is 0.613. The average Bonchev–Trinajstić information content (AvgIpc) is 2.76. The molecule has 5 heteroatoms. The van der Waals surface area contributed by atoms with E-state index in [0.29, 0.717) is 18.0 Å². The zero-order valence-corrected chi connectivity index (χ0v) is 7.82. The Morgan fingerprint density at radius 2 is 2.71 bits per heavy atom. The van der Waals surface area contributed by atoms with Crippen LogP contribution in [0.1, 0.15) is 12.8 Å². The average molecular weight is 195 g/mol. The maximum atomic E-state index is 11.5. The van der Waals surface area contributed by atoms with Crippen molar-refractivity contribution in [1.82, 2.24) is 10.5 Å². The molecule has 0 spiro atoms. The second kappa shape index (κ2) is 4.23. The first-order chi connectivity index (χ1) is 6.84. The highest BCUT2D eigenvalue weighted by molar-refractivity contribution is 5.90. The van der Waals surface area contributed by atoms with Gasteiger partial charge < -0.3 is 15.2 Å². The molecule has 1 aliphatic heterocycles. The van der Waals surface area contributed by atoms with Gasteiger partial charge in [0.1, 0.15) is 12.0 Å². The largest absolute Gasteiger partial charge is 0.363 e. The summed E-state index contributed by atoms with van der Waals surface area (Å²) >= 11 is 0. The van der Waals surface area contributed by atoms with Crippen molar-refractivity contribution >= 4 is 11.6 Å². The van der Waals surface area contributed by atoms with Gasteiger partial charge in [-0.3, -0.25) is 4.79 Å². The van der Waals surface area contributed by atoms with Gasteiger partial charge in [-0.1, -0.05) is 5.16 Å². The lowest BCUT2D eigenvalue weighted by atomic mass is 10.0. The summed E-state index contributed by atoms with van der Waals surface area (Å²) in [6, 6.07) is 0. The number of anilines is 1.